The molecule has 1 N–H and O–H groups in total. The van der Waals surface area contributed by atoms with Crippen LogP contribution in [-0.4, -0.2) is 63.5 Å². The predicted molar refractivity (Wildman–Crippen MR) is 79.8 cm³/mol. The smallest absolute Gasteiger partial charge is 0.308 e. The van der Waals surface area contributed by atoms with Crippen LogP contribution in [0, 0.1) is 5.92 Å². The van der Waals surface area contributed by atoms with E-state index in [4.69, 9.17) is 5.11 Å². The molecule has 0 radical (unpaired) electrons. The molecule has 2 aliphatic rings. The average Bonchev–Trinajstić information content (AvgIpc) is 2.96. The molecule has 2 rings (SSSR count). The van der Waals surface area contributed by atoms with Gasteiger partial charge in [-0.1, -0.05) is 6.92 Å². The number of hydrogen-bond donors (Lipinski definition) is 1. The fraction of sp³-hybridized carbons (Fsp3) is 0.786. The van der Waals surface area contributed by atoms with Gasteiger partial charge in [-0.25, -0.2) is 0 Å². The second-order valence-corrected chi connectivity index (χ2v) is 6.59. The Balaban J connectivity index is 2.01. The molecule has 118 valence electrons. The topological polar surface area (TPSA) is 77.9 Å². The van der Waals surface area contributed by atoms with Crippen LogP contribution in [0.2, 0.25) is 0 Å². The van der Waals surface area contributed by atoms with E-state index in [-0.39, 0.29) is 18.4 Å². The van der Waals surface area contributed by atoms with Gasteiger partial charge in [0.15, 0.2) is 0 Å². The Morgan fingerprint density at radius 1 is 1.33 bits per heavy atom. The van der Waals surface area contributed by atoms with Crippen molar-refractivity contribution in [2.24, 2.45) is 5.92 Å². The van der Waals surface area contributed by atoms with Crippen molar-refractivity contribution in [1.29, 1.82) is 0 Å². The summed E-state index contributed by atoms with van der Waals surface area (Å²) in [6.07, 6.45) is 2.57. The number of nitrogens with zero attached hydrogens (tertiary/aromatic N) is 2. The first kappa shape index (κ1) is 16.1. The van der Waals surface area contributed by atoms with Crippen molar-refractivity contribution >= 4 is 29.5 Å². The van der Waals surface area contributed by atoms with Crippen LogP contribution in [0.15, 0.2) is 0 Å². The normalized spacial score (nSPS) is 26.0. The van der Waals surface area contributed by atoms with Crippen molar-refractivity contribution in [2.75, 3.05) is 24.7 Å². The maximum Gasteiger partial charge on any atom is 0.308 e. The van der Waals surface area contributed by atoms with Crippen molar-refractivity contribution in [2.45, 2.75) is 38.6 Å². The molecule has 2 aliphatic heterocycles. The lowest BCUT2D eigenvalue weighted by Gasteiger charge is -2.34. The zero-order valence-electron chi connectivity index (χ0n) is 12.3. The van der Waals surface area contributed by atoms with E-state index in [0.29, 0.717) is 37.4 Å². The van der Waals surface area contributed by atoms with Gasteiger partial charge in [0, 0.05) is 25.3 Å². The third-order valence-corrected chi connectivity index (χ3v) is 5.05. The van der Waals surface area contributed by atoms with Gasteiger partial charge in [-0.3, -0.25) is 14.4 Å². The molecule has 2 heterocycles. The van der Waals surface area contributed by atoms with Gasteiger partial charge in [-0.2, -0.15) is 0 Å². The van der Waals surface area contributed by atoms with Crippen LogP contribution in [-0.2, 0) is 14.4 Å². The highest BCUT2D eigenvalue weighted by molar-refractivity contribution is 7.99. The highest BCUT2D eigenvalue weighted by atomic mass is 32.2. The van der Waals surface area contributed by atoms with Crippen LogP contribution >= 0.6 is 11.8 Å². The number of thioether (sulfide) groups is 1. The Labute approximate surface area is 128 Å². The maximum absolute atomic E-state index is 12.6. The lowest BCUT2D eigenvalue weighted by atomic mass is 9.97. The molecule has 1 unspecified atom stereocenters. The quantitative estimate of drug-likeness (QED) is 0.838. The van der Waals surface area contributed by atoms with Gasteiger partial charge in [-0.05, 0) is 19.3 Å². The van der Waals surface area contributed by atoms with E-state index in [1.165, 1.54) is 0 Å². The van der Waals surface area contributed by atoms with Gasteiger partial charge >= 0.3 is 5.97 Å². The molecule has 0 saturated carbocycles. The van der Waals surface area contributed by atoms with Crippen LogP contribution in [0.3, 0.4) is 0 Å². The van der Waals surface area contributed by atoms with E-state index in [1.54, 1.807) is 21.6 Å². The standard InChI is InChI=1S/C14H22N2O4S/c1-2-4-12(17)16-9-21-8-11(16)13(18)15-6-3-5-10(7-15)14(19)20/h10-11H,2-9H2,1H3,(H,19,20)/t10-,11?/m0/s1. The number of likely N-dealkylation sites (tertiary alicyclic amines) is 1. The van der Waals surface area contributed by atoms with Gasteiger partial charge in [0.05, 0.1) is 11.8 Å². The summed E-state index contributed by atoms with van der Waals surface area (Å²) in [6, 6.07) is -0.415. The maximum atomic E-state index is 12.6. The molecule has 7 heteroatoms. The summed E-state index contributed by atoms with van der Waals surface area (Å²) >= 11 is 1.59. The Morgan fingerprint density at radius 2 is 2.10 bits per heavy atom. The van der Waals surface area contributed by atoms with Crippen molar-refractivity contribution in [3.05, 3.63) is 0 Å². The van der Waals surface area contributed by atoms with Crippen molar-refractivity contribution < 1.29 is 19.5 Å². The average molecular weight is 314 g/mol. The van der Waals surface area contributed by atoms with Crippen LogP contribution in [0.25, 0.3) is 0 Å². The van der Waals surface area contributed by atoms with Crippen LogP contribution < -0.4 is 0 Å². The van der Waals surface area contributed by atoms with E-state index < -0.39 is 17.9 Å². The summed E-state index contributed by atoms with van der Waals surface area (Å²) in [4.78, 5) is 39.1. The summed E-state index contributed by atoms with van der Waals surface area (Å²) in [5, 5.41) is 9.11. The molecule has 2 atom stereocenters. The molecule has 0 spiro atoms. The van der Waals surface area contributed by atoms with Crippen LogP contribution in [0.4, 0.5) is 0 Å². The Bertz CT molecular complexity index is 429. The Kier molecular flexibility index (Phi) is 5.50. The van der Waals surface area contributed by atoms with Gasteiger partial charge in [0.1, 0.15) is 6.04 Å². The molecule has 21 heavy (non-hydrogen) atoms. The number of piperidine rings is 1. The second kappa shape index (κ2) is 7.15. The van der Waals surface area contributed by atoms with E-state index >= 15 is 0 Å². The summed E-state index contributed by atoms with van der Waals surface area (Å²) in [7, 11) is 0. The fourth-order valence-corrected chi connectivity index (χ4v) is 4.01. The minimum Gasteiger partial charge on any atom is -0.481 e. The molecule has 2 amide bonds. The fourth-order valence-electron chi connectivity index (χ4n) is 2.84. The molecular weight excluding hydrogens is 292 g/mol. The lowest BCUT2D eigenvalue weighted by molar-refractivity contribution is -0.149. The largest absolute Gasteiger partial charge is 0.481 e. The number of rotatable bonds is 4. The Morgan fingerprint density at radius 3 is 2.76 bits per heavy atom. The van der Waals surface area contributed by atoms with Crippen molar-refractivity contribution in [3.8, 4) is 0 Å². The summed E-state index contributed by atoms with van der Waals surface area (Å²) in [5.41, 5.74) is 0. The first-order valence-electron chi connectivity index (χ1n) is 7.43. The molecule has 0 aliphatic carbocycles. The predicted octanol–water partition coefficient (Wildman–Crippen LogP) is 1.01. The molecular formula is C14H22N2O4S. The van der Waals surface area contributed by atoms with E-state index in [1.807, 2.05) is 6.92 Å². The van der Waals surface area contributed by atoms with Crippen LogP contribution in [0.1, 0.15) is 32.6 Å². The number of carbonyl (C=O) groups excluding carboxylic acids is 2. The van der Waals surface area contributed by atoms with Crippen molar-refractivity contribution in [3.63, 3.8) is 0 Å². The molecule has 0 aromatic carbocycles. The van der Waals surface area contributed by atoms with E-state index in [9.17, 15) is 14.4 Å². The van der Waals surface area contributed by atoms with E-state index in [0.717, 1.165) is 6.42 Å². The first-order chi connectivity index (χ1) is 10.0. The molecule has 0 aromatic rings. The third kappa shape index (κ3) is 3.70. The van der Waals surface area contributed by atoms with Crippen molar-refractivity contribution in [1.82, 2.24) is 9.80 Å². The number of carbonyl (C=O) groups is 3. The van der Waals surface area contributed by atoms with E-state index in [2.05, 4.69) is 0 Å². The van der Waals surface area contributed by atoms with Gasteiger partial charge < -0.3 is 14.9 Å². The molecule has 2 fully saturated rings. The monoisotopic (exact) mass is 314 g/mol. The Hall–Kier alpha value is -1.24. The molecule has 0 aromatic heterocycles. The number of hydrogen-bond acceptors (Lipinski definition) is 4. The number of amides is 2. The summed E-state index contributed by atoms with van der Waals surface area (Å²) in [5.74, 6) is -0.208. The zero-order chi connectivity index (χ0) is 15.4. The van der Waals surface area contributed by atoms with Gasteiger partial charge in [-0.15, -0.1) is 11.8 Å². The minimum absolute atomic E-state index is 0.0210. The zero-order valence-corrected chi connectivity index (χ0v) is 13.1. The molecule has 2 saturated heterocycles. The third-order valence-electron chi connectivity index (χ3n) is 4.03. The summed E-state index contributed by atoms with van der Waals surface area (Å²) < 4.78 is 0. The minimum atomic E-state index is -0.841. The number of carboxylic acid groups (broad SMARTS) is 1. The number of carboxylic acids is 1. The first-order valence-corrected chi connectivity index (χ1v) is 8.58. The van der Waals surface area contributed by atoms with Crippen LogP contribution in [0.5, 0.6) is 0 Å². The lowest BCUT2D eigenvalue weighted by Crippen LogP contribution is -2.52. The summed E-state index contributed by atoms with van der Waals surface area (Å²) in [6.45, 7) is 2.81. The SMILES string of the molecule is CCCC(=O)N1CSCC1C(=O)N1CCC[C@H](C(=O)O)C1. The second-order valence-electron chi connectivity index (χ2n) is 5.59. The van der Waals surface area contributed by atoms with Gasteiger partial charge in [0.25, 0.3) is 0 Å². The molecule has 0 bridgehead atoms. The highest BCUT2D eigenvalue weighted by Crippen LogP contribution is 2.26. The number of aliphatic carboxylic acids is 1. The molecule has 6 nitrogen and oxygen atoms in total. The van der Waals surface area contributed by atoms with Gasteiger partial charge in [0.2, 0.25) is 11.8 Å². The highest BCUT2D eigenvalue weighted by Gasteiger charge is 2.38.